The van der Waals surface area contributed by atoms with Gasteiger partial charge >= 0.3 is 0 Å². The molecule has 0 atom stereocenters. The summed E-state index contributed by atoms with van der Waals surface area (Å²) in [5.41, 5.74) is 1.52. The van der Waals surface area contributed by atoms with Crippen LogP contribution >= 0.6 is 22.9 Å². The van der Waals surface area contributed by atoms with Gasteiger partial charge in [0.2, 0.25) is 0 Å². The van der Waals surface area contributed by atoms with Gasteiger partial charge in [0, 0.05) is 18.8 Å². The van der Waals surface area contributed by atoms with E-state index in [1.165, 1.54) is 12.1 Å². The molecule has 0 unspecified atom stereocenters. The summed E-state index contributed by atoms with van der Waals surface area (Å²) in [5.74, 6) is -1.92. The average Bonchev–Trinajstić information content (AvgIpc) is 3.07. The Labute approximate surface area is 194 Å². The number of aryl methyl sites for hydroxylation is 1. The largest absolute Gasteiger partial charge is 0.370 e. The molecule has 2 aromatic carbocycles. The van der Waals surface area contributed by atoms with Crippen molar-refractivity contribution >= 4 is 51.1 Å². The molecule has 9 heteroatoms. The summed E-state index contributed by atoms with van der Waals surface area (Å²) < 4.78 is 27.7. The molecule has 0 fully saturated rings. The van der Waals surface area contributed by atoms with Crippen LogP contribution in [0.4, 0.5) is 25.2 Å². The van der Waals surface area contributed by atoms with Crippen LogP contribution in [0.3, 0.4) is 0 Å². The molecule has 2 N–H and O–H groups in total. The van der Waals surface area contributed by atoms with Crippen LogP contribution in [0.15, 0.2) is 42.5 Å². The Hall–Kier alpha value is -2.97. The highest BCUT2D eigenvalue weighted by molar-refractivity contribution is 7.18. The number of halogens is 3. The number of thiophene rings is 1. The van der Waals surface area contributed by atoms with Crippen molar-refractivity contribution in [3.8, 4) is 0 Å². The summed E-state index contributed by atoms with van der Waals surface area (Å²) >= 11 is 7.01. The molecule has 1 heterocycles. The summed E-state index contributed by atoms with van der Waals surface area (Å²) in [6.07, 6.45) is 0. The maximum atomic E-state index is 14.5. The normalized spacial score (nSPS) is 10.9. The number of hydrogen-bond acceptors (Lipinski definition) is 4. The van der Waals surface area contributed by atoms with Gasteiger partial charge < -0.3 is 15.5 Å². The van der Waals surface area contributed by atoms with Gasteiger partial charge in [-0.1, -0.05) is 11.6 Å². The fourth-order valence-corrected chi connectivity index (χ4v) is 4.17. The first-order valence-electron chi connectivity index (χ1n) is 9.77. The lowest BCUT2D eigenvalue weighted by molar-refractivity contribution is 0.102. The molecule has 3 aromatic rings. The van der Waals surface area contributed by atoms with Gasteiger partial charge in [-0.25, -0.2) is 8.78 Å². The van der Waals surface area contributed by atoms with E-state index in [9.17, 15) is 18.4 Å². The highest BCUT2D eigenvalue weighted by atomic mass is 35.5. The minimum absolute atomic E-state index is 0.0117. The lowest BCUT2D eigenvalue weighted by atomic mass is 10.2. The zero-order valence-electron chi connectivity index (χ0n) is 17.9. The van der Waals surface area contributed by atoms with Crippen molar-refractivity contribution in [1.29, 1.82) is 0 Å². The van der Waals surface area contributed by atoms with Crippen molar-refractivity contribution in [2.45, 2.75) is 26.8 Å². The summed E-state index contributed by atoms with van der Waals surface area (Å²) in [6.45, 7) is 5.64. The Morgan fingerprint density at radius 2 is 1.75 bits per heavy atom. The quantitative estimate of drug-likeness (QED) is 0.435. The van der Waals surface area contributed by atoms with Crippen molar-refractivity contribution in [3.05, 3.63) is 75.1 Å². The molecule has 168 valence electrons. The van der Waals surface area contributed by atoms with E-state index in [2.05, 4.69) is 10.6 Å². The van der Waals surface area contributed by atoms with E-state index in [1.54, 1.807) is 37.1 Å². The number of benzene rings is 2. The Kier molecular flexibility index (Phi) is 7.16. The minimum Gasteiger partial charge on any atom is -0.370 e. The van der Waals surface area contributed by atoms with Crippen molar-refractivity contribution in [1.82, 2.24) is 0 Å². The highest BCUT2D eigenvalue weighted by Crippen LogP contribution is 2.30. The van der Waals surface area contributed by atoms with Crippen LogP contribution < -0.4 is 15.5 Å². The SMILES string of the molecule is Cc1cc(NC(=O)c2ccc(F)cc2Cl)sc1C(=O)Nc1ccc(N(C)C(C)C)c(F)c1. The van der Waals surface area contributed by atoms with E-state index in [1.807, 2.05) is 13.8 Å². The van der Waals surface area contributed by atoms with Crippen LogP contribution in [0.5, 0.6) is 0 Å². The fraction of sp³-hybridized carbons (Fsp3) is 0.217. The molecular formula is C23H22ClF2N3O2S. The van der Waals surface area contributed by atoms with Gasteiger partial charge in [-0.15, -0.1) is 11.3 Å². The van der Waals surface area contributed by atoms with Crippen LogP contribution in [0, 0.1) is 18.6 Å². The second-order valence-corrected chi connectivity index (χ2v) is 8.99. The maximum Gasteiger partial charge on any atom is 0.266 e. The summed E-state index contributed by atoms with van der Waals surface area (Å²) in [5, 5.41) is 5.77. The average molecular weight is 478 g/mol. The predicted octanol–water partition coefficient (Wildman–Crippen LogP) is 6.34. The van der Waals surface area contributed by atoms with Crippen LogP contribution in [0.1, 0.15) is 39.4 Å². The Balaban J connectivity index is 1.73. The molecule has 0 spiro atoms. The van der Waals surface area contributed by atoms with Crippen LogP contribution in [-0.2, 0) is 0 Å². The van der Waals surface area contributed by atoms with Crippen LogP contribution in [0.25, 0.3) is 0 Å². The number of amides is 2. The lowest BCUT2D eigenvalue weighted by Gasteiger charge is -2.24. The molecule has 32 heavy (non-hydrogen) atoms. The Bertz CT molecular complexity index is 1180. The Morgan fingerprint density at radius 1 is 1.03 bits per heavy atom. The zero-order chi connectivity index (χ0) is 23.6. The molecule has 0 aliphatic heterocycles. The van der Waals surface area contributed by atoms with Gasteiger partial charge in [-0.2, -0.15) is 0 Å². The van der Waals surface area contributed by atoms with E-state index in [0.717, 1.165) is 23.5 Å². The molecule has 0 aliphatic carbocycles. The standard InChI is InChI=1S/C23H22ClF2N3O2S/c1-12(2)29(4)19-8-6-15(11-18(19)26)27-23(31)21-13(3)9-20(32-21)28-22(30)16-7-5-14(25)10-17(16)24/h5-12H,1-4H3,(H,27,31)(H,28,30). The molecule has 5 nitrogen and oxygen atoms in total. The third-order valence-corrected chi connectivity index (χ3v) is 6.36. The molecule has 2 amide bonds. The first-order valence-corrected chi connectivity index (χ1v) is 11.0. The molecule has 0 saturated carbocycles. The van der Waals surface area contributed by atoms with Crippen molar-refractivity contribution < 1.29 is 18.4 Å². The fourth-order valence-electron chi connectivity index (χ4n) is 2.96. The monoisotopic (exact) mass is 477 g/mol. The van der Waals surface area contributed by atoms with E-state index in [-0.39, 0.29) is 16.6 Å². The first kappa shape index (κ1) is 23.7. The third-order valence-electron chi connectivity index (χ3n) is 4.90. The second kappa shape index (κ2) is 9.67. The third kappa shape index (κ3) is 5.26. The van der Waals surface area contributed by atoms with Crippen molar-refractivity contribution in [2.75, 3.05) is 22.6 Å². The topological polar surface area (TPSA) is 61.4 Å². The molecule has 0 bridgehead atoms. The number of rotatable bonds is 6. The number of anilines is 3. The van der Waals surface area contributed by atoms with Crippen LogP contribution in [0.2, 0.25) is 5.02 Å². The van der Waals surface area contributed by atoms with Crippen molar-refractivity contribution in [3.63, 3.8) is 0 Å². The van der Waals surface area contributed by atoms with Gasteiger partial charge in [0.15, 0.2) is 0 Å². The van der Waals surface area contributed by atoms with Gasteiger partial charge in [0.25, 0.3) is 11.8 Å². The Morgan fingerprint density at radius 3 is 2.38 bits per heavy atom. The highest BCUT2D eigenvalue weighted by Gasteiger charge is 2.18. The molecule has 0 radical (unpaired) electrons. The predicted molar refractivity (Wildman–Crippen MR) is 126 cm³/mol. The van der Waals surface area contributed by atoms with Gasteiger partial charge in [-0.3, -0.25) is 9.59 Å². The zero-order valence-corrected chi connectivity index (χ0v) is 19.5. The van der Waals surface area contributed by atoms with Crippen molar-refractivity contribution in [2.24, 2.45) is 0 Å². The summed E-state index contributed by atoms with van der Waals surface area (Å²) in [7, 11) is 1.80. The second-order valence-electron chi connectivity index (χ2n) is 7.53. The minimum atomic E-state index is -0.544. The smallest absolute Gasteiger partial charge is 0.266 e. The molecule has 1 aromatic heterocycles. The van der Waals surface area contributed by atoms with Crippen LogP contribution in [-0.4, -0.2) is 24.9 Å². The van der Waals surface area contributed by atoms with E-state index < -0.39 is 23.4 Å². The molecule has 3 rings (SSSR count). The molecular weight excluding hydrogens is 456 g/mol. The lowest BCUT2D eigenvalue weighted by Crippen LogP contribution is -2.26. The summed E-state index contributed by atoms with van der Waals surface area (Å²) in [4.78, 5) is 27.3. The molecule has 0 saturated heterocycles. The number of nitrogens with one attached hydrogen (secondary N) is 2. The number of nitrogens with zero attached hydrogens (tertiary/aromatic N) is 1. The number of carbonyl (C=O) groups is 2. The summed E-state index contributed by atoms with van der Waals surface area (Å²) in [6, 6.07) is 9.78. The number of carbonyl (C=O) groups excluding carboxylic acids is 2. The van der Waals surface area contributed by atoms with E-state index in [4.69, 9.17) is 11.6 Å². The van der Waals surface area contributed by atoms with E-state index in [0.29, 0.717) is 26.8 Å². The molecule has 0 aliphatic rings. The van der Waals surface area contributed by atoms with Gasteiger partial charge in [-0.05, 0) is 68.8 Å². The van der Waals surface area contributed by atoms with E-state index >= 15 is 0 Å². The first-order chi connectivity index (χ1) is 15.1. The van der Waals surface area contributed by atoms with Gasteiger partial charge in [0.05, 0.1) is 26.2 Å². The van der Waals surface area contributed by atoms with Gasteiger partial charge in [0.1, 0.15) is 11.6 Å². The maximum absolute atomic E-state index is 14.5. The number of hydrogen-bond donors (Lipinski definition) is 2.